The lowest BCUT2D eigenvalue weighted by molar-refractivity contribution is -0.138. The Labute approximate surface area is 272 Å². The van der Waals surface area contributed by atoms with E-state index in [0.717, 1.165) is 52.7 Å². The Bertz CT molecular complexity index is 1940. The maximum Gasteiger partial charge on any atom is 0.418 e. The lowest BCUT2D eigenvalue weighted by Crippen LogP contribution is -2.33. The average Bonchev–Trinajstić information content (AvgIpc) is 3.43. The van der Waals surface area contributed by atoms with Crippen LogP contribution >= 0.6 is 39.0 Å². The highest BCUT2D eigenvalue weighted by Gasteiger charge is 2.57. The van der Waals surface area contributed by atoms with Crippen molar-refractivity contribution in [2.75, 3.05) is 10.2 Å². The largest absolute Gasteiger partial charge is 0.418 e. The molecule has 238 valence electrons. The second-order valence-electron chi connectivity index (χ2n) is 10.3. The van der Waals surface area contributed by atoms with Crippen molar-refractivity contribution < 1.29 is 40.7 Å². The zero-order valence-electron chi connectivity index (χ0n) is 22.9. The van der Waals surface area contributed by atoms with Crippen molar-refractivity contribution in [3.8, 4) is 0 Å². The van der Waals surface area contributed by atoms with Crippen molar-refractivity contribution in [2.45, 2.75) is 35.1 Å². The summed E-state index contributed by atoms with van der Waals surface area (Å²) in [7, 11) is 0. The first-order valence-corrected chi connectivity index (χ1v) is 15.8. The number of para-hydroxylation sites is 2. The number of rotatable bonds is 5. The van der Waals surface area contributed by atoms with Crippen LogP contribution in [0.5, 0.6) is 0 Å². The monoisotopic (exact) mass is 741 g/mol. The van der Waals surface area contributed by atoms with Crippen LogP contribution < -0.4 is 15.1 Å². The Balaban J connectivity index is 1.42. The number of carbonyl (C=O) groups is 3. The molecule has 2 aliphatic heterocycles. The van der Waals surface area contributed by atoms with Gasteiger partial charge in [-0.15, -0.1) is 0 Å². The van der Waals surface area contributed by atoms with Crippen molar-refractivity contribution in [2.24, 2.45) is 5.92 Å². The van der Waals surface area contributed by atoms with Gasteiger partial charge in [-0.25, -0.2) is 4.90 Å². The van der Waals surface area contributed by atoms with Crippen molar-refractivity contribution in [3.63, 3.8) is 0 Å². The number of halogens is 7. The molecule has 6 rings (SSSR count). The zero-order valence-corrected chi connectivity index (χ0v) is 26.1. The molecule has 3 aromatic carbocycles. The number of carbonyl (C=O) groups excluding carboxylic acids is 3. The number of amides is 3. The summed E-state index contributed by atoms with van der Waals surface area (Å²) in [5, 5.41) is 1.03. The molecule has 1 N–H and O–H groups in total. The third kappa shape index (κ3) is 5.66. The van der Waals surface area contributed by atoms with Crippen LogP contribution in [0.15, 0.2) is 87.1 Å². The molecule has 46 heavy (non-hydrogen) atoms. The second kappa shape index (κ2) is 11.7. The Morgan fingerprint density at radius 1 is 0.826 bits per heavy atom. The van der Waals surface area contributed by atoms with Crippen molar-refractivity contribution in [1.82, 2.24) is 4.57 Å². The molecular weight excluding hydrogens is 724 g/mol. The molecule has 1 fully saturated rings. The third-order valence-electron chi connectivity index (χ3n) is 7.54. The van der Waals surface area contributed by atoms with Gasteiger partial charge in [-0.2, -0.15) is 26.3 Å². The molecule has 0 radical (unpaired) electrons. The van der Waals surface area contributed by atoms with E-state index in [2.05, 4.69) is 21.2 Å². The molecule has 16 heteroatoms. The number of hydrogen-bond donors (Lipinski definition) is 1. The molecule has 2 unspecified atom stereocenters. The van der Waals surface area contributed by atoms with E-state index in [-0.39, 0.29) is 5.03 Å². The van der Waals surface area contributed by atoms with Gasteiger partial charge < -0.3 is 5.32 Å². The van der Waals surface area contributed by atoms with Crippen molar-refractivity contribution in [3.05, 3.63) is 109 Å². The number of anilines is 2. The van der Waals surface area contributed by atoms with E-state index in [4.69, 9.17) is 0 Å². The number of aromatic nitrogens is 1. The Morgan fingerprint density at radius 3 is 2.09 bits per heavy atom. The summed E-state index contributed by atoms with van der Waals surface area (Å²) < 4.78 is 84.0. The Morgan fingerprint density at radius 2 is 1.43 bits per heavy atom. The minimum Gasteiger partial charge on any atom is -0.324 e. The van der Waals surface area contributed by atoms with E-state index in [1.807, 2.05) is 0 Å². The van der Waals surface area contributed by atoms with Gasteiger partial charge in [0.25, 0.3) is 0 Å². The van der Waals surface area contributed by atoms with Gasteiger partial charge in [-0.3, -0.25) is 23.7 Å². The summed E-state index contributed by atoms with van der Waals surface area (Å²) in [4.78, 5) is 54.2. The molecular formula is C30H18BrF6N3O4S2. The topological polar surface area (TPSA) is 88.5 Å². The first-order valence-electron chi connectivity index (χ1n) is 13.3. The fourth-order valence-corrected chi connectivity index (χ4v) is 8.64. The summed E-state index contributed by atoms with van der Waals surface area (Å²) in [6, 6.07) is 15.1. The molecule has 0 spiro atoms. The molecule has 3 heterocycles. The molecule has 0 aliphatic carbocycles. The van der Waals surface area contributed by atoms with Gasteiger partial charge in [0.1, 0.15) is 11.8 Å². The number of imide groups is 1. The van der Waals surface area contributed by atoms with E-state index in [1.165, 1.54) is 12.1 Å². The number of thiazole rings is 1. The molecule has 2 aliphatic rings. The smallest absolute Gasteiger partial charge is 0.324 e. The molecule has 1 aromatic heterocycles. The van der Waals surface area contributed by atoms with Crippen LogP contribution in [0, 0.1) is 5.92 Å². The summed E-state index contributed by atoms with van der Waals surface area (Å²) in [6.45, 7) is -0.725. The number of nitrogens with zero attached hydrogens (tertiary/aromatic N) is 2. The quantitative estimate of drug-likeness (QED) is 0.174. The van der Waals surface area contributed by atoms with Gasteiger partial charge in [0.15, 0.2) is 0 Å². The minimum atomic E-state index is -4.87. The fraction of sp³-hybridized carbons (Fsp3) is 0.200. The fourth-order valence-electron chi connectivity index (χ4n) is 5.60. The van der Waals surface area contributed by atoms with Crippen LogP contribution in [0.3, 0.4) is 0 Å². The number of thioether (sulfide) groups is 1. The summed E-state index contributed by atoms with van der Waals surface area (Å²) in [5.41, 5.74) is -2.93. The zero-order chi connectivity index (χ0) is 33.1. The highest BCUT2D eigenvalue weighted by Crippen LogP contribution is 2.54. The van der Waals surface area contributed by atoms with Crippen LogP contribution in [0.1, 0.15) is 27.5 Å². The molecule has 1 saturated heterocycles. The Kier molecular flexibility index (Phi) is 8.17. The van der Waals surface area contributed by atoms with Crippen LogP contribution in [0.4, 0.5) is 37.7 Å². The van der Waals surface area contributed by atoms with Gasteiger partial charge in [-0.05, 0) is 42.0 Å². The van der Waals surface area contributed by atoms with Crippen molar-refractivity contribution in [1.29, 1.82) is 0 Å². The third-order valence-corrected chi connectivity index (χ3v) is 10.7. The van der Waals surface area contributed by atoms with Gasteiger partial charge in [-0.1, -0.05) is 75.4 Å². The number of nitrogens with one attached hydrogen (secondary N) is 1. The lowest BCUT2D eigenvalue weighted by Gasteiger charge is -2.30. The lowest BCUT2D eigenvalue weighted by atomic mass is 9.83. The SMILES string of the molecule is O=C(Cn1c2c(sc1=O)[C@H](c1ccc(Br)cc1)C1C(=O)N(c3ccccc3C(F)(F)F)C(=O)C1S2)Nc1ccccc1C(F)(F)F. The van der Waals surface area contributed by atoms with E-state index in [9.17, 15) is 45.5 Å². The molecule has 3 atom stereocenters. The second-order valence-corrected chi connectivity index (χ2v) is 13.4. The first kappa shape index (κ1) is 32.1. The predicted molar refractivity (Wildman–Crippen MR) is 162 cm³/mol. The van der Waals surface area contributed by atoms with Crippen LogP contribution in [-0.2, 0) is 33.3 Å². The first-order chi connectivity index (χ1) is 21.7. The van der Waals surface area contributed by atoms with Gasteiger partial charge in [0.05, 0.1) is 33.4 Å². The van der Waals surface area contributed by atoms with Crippen LogP contribution in [-0.4, -0.2) is 27.5 Å². The van der Waals surface area contributed by atoms with Gasteiger partial charge in [0.2, 0.25) is 17.7 Å². The highest BCUT2D eigenvalue weighted by molar-refractivity contribution is 9.10. The molecule has 0 bridgehead atoms. The maximum absolute atomic E-state index is 14.0. The summed E-state index contributed by atoms with van der Waals surface area (Å²) in [6.07, 6.45) is -9.64. The molecule has 3 amide bonds. The Hall–Kier alpha value is -3.89. The number of benzene rings is 3. The predicted octanol–water partition coefficient (Wildman–Crippen LogP) is 7.14. The van der Waals surface area contributed by atoms with E-state index in [0.29, 0.717) is 31.2 Å². The molecule has 7 nitrogen and oxygen atoms in total. The average molecular weight is 743 g/mol. The standard InChI is InChI=1S/C30H18BrF6N3O4S2/c31-15-11-9-14(10-12-15)21-22-23(26(43)40(25(22)42)19-8-4-2-6-17(19)30(35,36)37)45-27-24(21)46-28(44)39(27)13-20(41)38-18-7-3-1-5-16(18)29(32,33)34/h1-12,21-23H,13H2,(H,38,41)/t21-,22?,23?/m1/s1. The summed E-state index contributed by atoms with van der Waals surface area (Å²) >= 11 is 4.78. The van der Waals surface area contributed by atoms with Crippen LogP contribution in [0.2, 0.25) is 0 Å². The number of hydrogen-bond acceptors (Lipinski definition) is 6. The minimum absolute atomic E-state index is 0.121. The van der Waals surface area contributed by atoms with Gasteiger partial charge >= 0.3 is 17.2 Å². The number of alkyl halides is 6. The maximum atomic E-state index is 14.0. The van der Waals surface area contributed by atoms with Crippen LogP contribution in [0.25, 0.3) is 0 Å². The molecule has 4 aromatic rings. The van der Waals surface area contributed by atoms with E-state index in [1.54, 1.807) is 24.3 Å². The normalized spacial score (nSPS) is 19.6. The highest BCUT2D eigenvalue weighted by atomic mass is 79.9. The molecule has 0 saturated carbocycles. The number of fused-ring (bicyclic) bond motifs is 2. The van der Waals surface area contributed by atoms with E-state index < -0.39 is 81.1 Å². The van der Waals surface area contributed by atoms with Crippen molar-refractivity contribution >= 4 is 68.1 Å². The van der Waals surface area contributed by atoms with E-state index >= 15 is 0 Å². The van der Waals surface area contributed by atoms with Gasteiger partial charge in [0, 0.05) is 15.3 Å². The summed E-state index contributed by atoms with van der Waals surface area (Å²) in [5.74, 6) is -4.94.